The number of hydrogen-bond donors (Lipinski definition) is 2. The Morgan fingerprint density at radius 3 is 2.49 bits per heavy atom. The molecule has 12 heteroatoms. The summed E-state index contributed by atoms with van der Waals surface area (Å²) in [5, 5.41) is 3.66. The first kappa shape index (κ1) is 30.4. The van der Waals surface area contributed by atoms with Crippen molar-refractivity contribution in [3.63, 3.8) is 0 Å². The molecule has 2 heterocycles. The maximum Gasteiger partial charge on any atom is 0.416 e. The molecule has 3 N–H and O–H groups in total. The Labute approximate surface area is 247 Å². The van der Waals surface area contributed by atoms with E-state index in [1.54, 1.807) is 6.20 Å². The number of pyridine rings is 1. The van der Waals surface area contributed by atoms with E-state index < -0.39 is 40.9 Å². The molecule has 43 heavy (non-hydrogen) atoms. The van der Waals surface area contributed by atoms with Crippen LogP contribution in [-0.2, 0) is 31.8 Å². The zero-order valence-corrected chi connectivity index (χ0v) is 24.2. The molecule has 2 aromatic carbocycles. The number of benzene rings is 2. The van der Waals surface area contributed by atoms with Gasteiger partial charge in [-0.1, -0.05) is 18.2 Å². The van der Waals surface area contributed by atoms with Gasteiger partial charge in [-0.3, -0.25) is 19.4 Å². The van der Waals surface area contributed by atoms with Gasteiger partial charge in [0.1, 0.15) is 5.54 Å². The lowest BCUT2D eigenvalue weighted by Gasteiger charge is -2.36. The number of amides is 3. The molecule has 0 bridgehead atoms. The molecule has 1 aromatic heterocycles. The Hall–Kier alpha value is -4.03. The fourth-order valence-corrected chi connectivity index (χ4v) is 5.73. The van der Waals surface area contributed by atoms with E-state index in [0.29, 0.717) is 5.52 Å². The summed E-state index contributed by atoms with van der Waals surface area (Å²) in [4.78, 5) is 48.1. The second-order valence-corrected chi connectivity index (χ2v) is 11.2. The summed E-state index contributed by atoms with van der Waals surface area (Å²) in [5.74, 6) is -2.94. The van der Waals surface area contributed by atoms with Crippen molar-refractivity contribution in [1.29, 1.82) is 0 Å². The van der Waals surface area contributed by atoms with Gasteiger partial charge in [0.25, 0.3) is 0 Å². The van der Waals surface area contributed by atoms with E-state index in [0.717, 1.165) is 46.4 Å². The smallest absolute Gasteiger partial charge is 0.384 e. The fraction of sp³-hybridized carbons (Fsp3) is 0.419. The fourth-order valence-electron chi connectivity index (χ4n) is 5.73. The first-order chi connectivity index (χ1) is 20.4. The molecule has 1 unspecified atom stereocenters. The van der Waals surface area contributed by atoms with Gasteiger partial charge in [-0.05, 0) is 68.1 Å². The van der Waals surface area contributed by atoms with Gasteiger partial charge < -0.3 is 25.6 Å². The Balaban J connectivity index is 1.75. The van der Waals surface area contributed by atoms with Crippen molar-refractivity contribution in [2.75, 3.05) is 37.1 Å². The molecule has 1 aliphatic heterocycles. The van der Waals surface area contributed by atoms with Crippen molar-refractivity contribution in [2.45, 2.75) is 50.4 Å². The lowest BCUT2D eigenvalue weighted by molar-refractivity contribution is -0.137. The van der Waals surface area contributed by atoms with E-state index in [2.05, 4.69) is 10.3 Å². The minimum absolute atomic E-state index is 0.0127. The van der Waals surface area contributed by atoms with Crippen molar-refractivity contribution >= 4 is 40.0 Å². The van der Waals surface area contributed by atoms with Crippen LogP contribution in [0.3, 0.4) is 0 Å². The van der Waals surface area contributed by atoms with Gasteiger partial charge in [0.05, 0.1) is 47.9 Å². The molecule has 9 nitrogen and oxygen atoms in total. The number of primary amides is 1. The molecule has 0 saturated heterocycles. The number of likely N-dealkylation sites (N-methyl/N-ethyl adjacent to an activating group) is 1. The van der Waals surface area contributed by atoms with Gasteiger partial charge in [-0.2, -0.15) is 13.2 Å². The molecular weight excluding hydrogens is 563 g/mol. The summed E-state index contributed by atoms with van der Waals surface area (Å²) in [5.41, 5.74) is 5.72. The number of rotatable bonds is 9. The van der Waals surface area contributed by atoms with Crippen LogP contribution in [0.15, 0.2) is 48.7 Å². The van der Waals surface area contributed by atoms with Crippen molar-refractivity contribution in [3.8, 4) is 0 Å². The highest BCUT2D eigenvalue weighted by molar-refractivity contribution is 6.08. The van der Waals surface area contributed by atoms with Crippen LogP contribution in [0, 0.1) is 5.92 Å². The van der Waals surface area contributed by atoms with Gasteiger partial charge in [0, 0.05) is 25.2 Å². The van der Waals surface area contributed by atoms with Crippen molar-refractivity contribution in [1.82, 2.24) is 10.3 Å². The largest absolute Gasteiger partial charge is 0.416 e. The molecule has 1 aliphatic carbocycles. The first-order valence-corrected chi connectivity index (χ1v) is 14.1. The molecule has 2 atom stereocenters. The van der Waals surface area contributed by atoms with Gasteiger partial charge in [-0.15, -0.1) is 0 Å². The van der Waals surface area contributed by atoms with Crippen LogP contribution in [0.1, 0.15) is 48.8 Å². The van der Waals surface area contributed by atoms with Crippen LogP contribution in [0.5, 0.6) is 0 Å². The second kappa shape index (κ2) is 11.6. The molecular formula is C31H34F3N5O4. The number of alkyl halides is 3. The summed E-state index contributed by atoms with van der Waals surface area (Å²) in [6.07, 6.45) is -1.15. The maximum absolute atomic E-state index is 14.6. The van der Waals surface area contributed by atoms with E-state index in [4.69, 9.17) is 10.5 Å². The van der Waals surface area contributed by atoms with E-state index in [-0.39, 0.29) is 43.4 Å². The number of anilines is 2. The normalized spacial score (nSPS) is 18.7. The number of nitrogens with two attached hydrogens (primary N) is 1. The van der Waals surface area contributed by atoms with Crippen molar-refractivity contribution < 1.29 is 32.3 Å². The Morgan fingerprint density at radius 1 is 1.14 bits per heavy atom. The number of nitrogens with one attached hydrogen (secondary N) is 1. The molecule has 0 radical (unpaired) electrons. The number of methoxy groups -OCH3 is 1. The van der Waals surface area contributed by atoms with E-state index in [1.165, 1.54) is 32.0 Å². The topological polar surface area (TPSA) is 118 Å². The SMILES string of the molecule is CNC(C)(C(N)=O)[C@@H]1CN(C(=O)CCOC)c2cc(C(F)(F)F)ccc2N(Cc2c(C3CC3)cnc3ccccc23)C1=O. The van der Waals surface area contributed by atoms with Gasteiger partial charge in [0.2, 0.25) is 17.7 Å². The number of ether oxygens (including phenoxy) is 1. The number of nitrogens with zero attached hydrogens (tertiary/aromatic N) is 3. The van der Waals surface area contributed by atoms with E-state index in [9.17, 15) is 27.6 Å². The number of carbonyl (C=O) groups excluding carboxylic acids is 3. The molecule has 3 aromatic rings. The predicted molar refractivity (Wildman–Crippen MR) is 155 cm³/mol. The quantitative estimate of drug-likeness (QED) is 0.383. The number of carbonyl (C=O) groups is 3. The monoisotopic (exact) mass is 597 g/mol. The lowest BCUT2D eigenvalue weighted by Crippen LogP contribution is -2.63. The minimum atomic E-state index is -4.70. The summed E-state index contributed by atoms with van der Waals surface area (Å²) in [7, 11) is 2.88. The highest BCUT2D eigenvalue weighted by Gasteiger charge is 2.49. The van der Waals surface area contributed by atoms with Gasteiger partial charge >= 0.3 is 6.18 Å². The Kier molecular flexibility index (Phi) is 8.19. The van der Waals surface area contributed by atoms with Crippen molar-refractivity contribution in [2.24, 2.45) is 11.7 Å². The average molecular weight is 598 g/mol. The van der Waals surface area contributed by atoms with E-state index >= 15 is 0 Å². The molecule has 3 amide bonds. The van der Waals surface area contributed by atoms with Crippen molar-refractivity contribution in [3.05, 3.63) is 65.4 Å². The van der Waals surface area contributed by atoms with E-state index in [1.807, 2.05) is 24.3 Å². The highest BCUT2D eigenvalue weighted by atomic mass is 19.4. The van der Waals surface area contributed by atoms with Crippen LogP contribution in [0.2, 0.25) is 0 Å². The summed E-state index contributed by atoms with van der Waals surface area (Å²) < 4.78 is 47.0. The first-order valence-electron chi connectivity index (χ1n) is 14.1. The number of fused-ring (bicyclic) bond motifs is 2. The Bertz CT molecular complexity index is 1570. The number of hydrogen-bond acceptors (Lipinski definition) is 6. The number of para-hydroxylation sites is 1. The third-order valence-corrected chi connectivity index (χ3v) is 8.62. The summed E-state index contributed by atoms with van der Waals surface area (Å²) >= 11 is 0. The zero-order chi connectivity index (χ0) is 31.1. The molecule has 228 valence electrons. The summed E-state index contributed by atoms with van der Waals surface area (Å²) in [6, 6.07) is 10.5. The molecule has 2 aliphatic rings. The zero-order valence-electron chi connectivity index (χ0n) is 24.2. The molecule has 1 saturated carbocycles. The third-order valence-electron chi connectivity index (χ3n) is 8.62. The predicted octanol–water partition coefficient (Wildman–Crippen LogP) is 4.13. The van der Waals surface area contributed by atoms with Gasteiger partial charge in [-0.25, -0.2) is 0 Å². The third kappa shape index (κ3) is 5.68. The van der Waals surface area contributed by atoms with Crippen LogP contribution >= 0.6 is 0 Å². The number of halogens is 3. The molecule has 1 fully saturated rings. The molecule has 0 spiro atoms. The minimum Gasteiger partial charge on any atom is -0.384 e. The maximum atomic E-state index is 14.6. The standard InChI is InChI=1S/C31H34F3N5O4/c1-30(36-2,29(35)42)23-17-38(27(40)12-13-43-3)26-14-19(31(32,33)34)10-11-25(26)39(28(23)41)16-22-20-6-4-5-7-24(20)37-15-21(22)18-8-9-18/h4-7,10-11,14-15,18,23,36H,8-9,12-13,16-17H2,1-3H3,(H2,35,42)/t23-,30?/m1/s1. The number of aromatic nitrogens is 1. The second-order valence-electron chi connectivity index (χ2n) is 11.2. The van der Waals surface area contributed by atoms with Crippen LogP contribution in [0.25, 0.3) is 10.9 Å². The van der Waals surface area contributed by atoms with Crippen LogP contribution in [-0.4, -0.2) is 55.6 Å². The van der Waals surface area contributed by atoms with Crippen LogP contribution < -0.4 is 20.9 Å². The average Bonchev–Trinajstić information content (AvgIpc) is 3.84. The molecule has 5 rings (SSSR count). The Morgan fingerprint density at radius 2 is 1.86 bits per heavy atom. The summed E-state index contributed by atoms with van der Waals surface area (Å²) in [6.45, 7) is 1.08. The highest BCUT2D eigenvalue weighted by Crippen LogP contribution is 2.46. The lowest BCUT2D eigenvalue weighted by atomic mass is 9.83. The van der Waals surface area contributed by atoms with Gasteiger partial charge in [0.15, 0.2) is 0 Å². The van der Waals surface area contributed by atoms with Crippen LogP contribution in [0.4, 0.5) is 24.5 Å².